The number of benzene rings is 1. The summed E-state index contributed by atoms with van der Waals surface area (Å²) in [5.41, 5.74) is 7.19. The smallest absolute Gasteiger partial charge is 0.359 e. The second-order valence-electron chi connectivity index (χ2n) is 4.48. The van der Waals surface area contributed by atoms with Crippen molar-refractivity contribution in [2.75, 3.05) is 5.73 Å². The van der Waals surface area contributed by atoms with E-state index >= 15 is 0 Å². The molecule has 0 bridgehead atoms. The Bertz CT molecular complexity index is 685. The zero-order chi connectivity index (χ0) is 15.6. The Kier molecular flexibility index (Phi) is 4.62. The van der Waals surface area contributed by atoms with Gasteiger partial charge in [0.05, 0.1) is 11.4 Å². The molecule has 0 saturated heterocycles. The van der Waals surface area contributed by atoms with Crippen LogP contribution in [-0.2, 0) is 17.9 Å². The third-order valence-electron chi connectivity index (χ3n) is 3.04. The molecule has 2 rings (SSSR count). The average Bonchev–Trinajstić information content (AvgIpc) is 2.73. The van der Waals surface area contributed by atoms with E-state index in [0.29, 0.717) is 22.3 Å². The van der Waals surface area contributed by atoms with Crippen molar-refractivity contribution in [3.8, 4) is 0 Å². The summed E-state index contributed by atoms with van der Waals surface area (Å²) in [6, 6.07) is 4.55. The lowest BCUT2D eigenvalue weighted by atomic mass is 10.2. The van der Waals surface area contributed by atoms with Crippen LogP contribution in [0.4, 0.5) is 10.1 Å². The minimum atomic E-state index is -0.614. The standard InChI is InChI=1S/C14H15BrFN3O2/c1-3-19-13(12(17)8(2)18-19)14(20)21-7-9-4-5-10(15)6-11(9)16/h4-6H,3,7,17H2,1-2H3. The summed E-state index contributed by atoms with van der Waals surface area (Å²) in [6.45, 7) is 3.89. The number of nitrogen functional groups attached to an aromatic ring is 1. The molecule has 1 aromatic carbocycles. The number of ether oxygens (including phenoxy) is 1. The maximum Gasteiger partial charge on any atom is 0.359 e. The number of carbonyl (C=O) groups excluding carboxylic acids is 1. The summed E-state index contributed by atoms with van der Waals surface area (Å²) in [5.74, 6) is -1.05. The highest BCUT2D eigenvalue weighted by Gasteiger charge is 2.20. The summed E-state index contributed by atoms with van der Waals surface area (Å²) in [4.78, 5) is 12.1. The molecule has 0 radical (unpaired) electrons. The van der Waals surface area contributed by atoms with E-state index in [2.05, 4.69) is 21.0 Å². The highest BCUT2D eigenvalue weighted by molar-refractivity contribution is 9.10. The lowest BCUT2D eigenvalue weighted by Gasteiger charge is -2.08. The molecule has 0 spiro atoms. The minimum Gasteiger partial charge on any atom is -0.456 e. The molecular formula is C14H15BrFN3O2. The lowest BCUT2D eigenvalue weighted by Crippen LogP contribution is -2.14. The van der Waals surface area contributed by atoms with E-state index in [9.17, 15) is 9.18 Å². The first-order valence-electron chi connectivity index (χ1n) is 6.38. The molecule has 2 aromatic rings. The summed E-state index contributed by atoms with van der Waals surface area (Å²) >= 11 is 3.17. The lowest BCUT2D eigenvalue weighted by molar-refractivity contribution is 0.0456. The van der Waals surface area contributed by atoms with E-state index in [0.717, 1.165) is 0 Å². The average molecular weight is 356 g/mol. The van der Waals surface area contributed by atoms with Gasteiger partial charge in [-0.2, -0.15) is 5.10 Å². The molecule has 7 heteroatoms. The van der Waals surface area contributed by atoms with E-state index in [-0.39, 0.29) is 18.0 Å². The van der Waals surface area contributed by atoms with Gasteiger partial charge < -0.3 is 10.5 Å². The molecule has 0 atom stereocenters. The largest absolute Gasteiger partial charge is 0.456 e. The van der Waals surface area contributed by atoms with E-state index in [1.807, 2.05) is 6.92 Å². The van der Waals surface area contributed by atoms with Gasteiger partial charge >= 0.3 is 5.97 Å². The van der Waals surface area contributed by atoms with Crippen molar-refractivity contribution in [3.05, 3.63) is 45.4 Å². The highest BCUT2D eigenvalue weighted by Crippen LogP contribution is 2.20. The van der Waals surface area contributed by atoms with Crippen molar-refractivity contribution < 1.29 is 13.9 Å². The monoisotopic (exact) mass is 355 g/mol. The molecule has 0 unspecified atom stereocenters. The van der Waals surface area contributed by atoms with Gasteiger partial charge in [-0.1, -0.05) is 22.0 Å². The molecule has 21 heavy (non-hydrogen) atoms. The van der Waals surface area contributed by atoms with Crippen LogP contribution in [0.1, 0.15) is 28.7 Å². The Labute approximate surface area is 130 Å². The zero-order valence-electron chi connectivity index (χ0n) is 11.7. The number of hydrogen-bond donors (Lipinski definition) is 1. The number of aryl methyl sites for hydroxylation is 2. The van der Waals surface area contributed by atoms with Crippen molar-refractivity contribution >= 4 is 27.6 Å². The molecular weight excluding hydrogens is 341 g/mol. The van der Waals surface area contributed by atoms with Crippen molar-refractivity contribution in [1.82, 2.24) is 9.78 Å². The Balaban J connectivity index is 2.15. The maximum atomic E-state index is 13.7. The van der Waals surface area contributed by atoms with Gasteiger partial charge in [0.25, 0.3) is 0 Å². The van der Waals surface area contributed by atoms with Crippen molar-refractivity contribution in [1.29, 1.82) is 0 Å². The second-order valence-corrected chi connectivity index (χ2v) is 5.39. The number of hydrogen-bond acceptors (Lipinski definition) is 4. The summed E-state index contributed by atoms with van der Waals surface area (Å²) < 4.78 is 20.9. The highest BCUT2D eigenvalue weighted by atomic mass is 79.9. The number of rotatable bonds is 4. The number of aromatic nitrogens is 2. The minimum absolute atomic E-state index is 0.161. The fraction of sp³-hybridized carbons (Fsp3) is 0.286. The molecule has 0 amide bonds. The van der Waals surface area contributed by atoms with Gasteiger partial charge in [-0.05, 0) is 26.0 Å². The molecule has 0 aliphatic rings. The van der Waals surface area contributed by atoms with Gasteiger partial charge in [0.15, 0.2) is 5.69 Å². The molecule has 5 nitrogen and oxygen atoms in total. The number of halogens is 2. The second kappa shape index (κ2) is 6.26. The molecule has 2 N–H and O–H groups in total. The number of carbonyl (C=O) groups is 1. The Morgan fingerprint density at radius 3 is 2.86 bits per heavy atom. The Morgan fingerprint density at radius 2 is 2.24 bits per heavy atom. The molecule has 1 aromatic heterocycles. The van der Waals surface area contributed by atoms with E-state index in [4.69, 9.17) is 10.5 Å². The Morgan fingerprint density at radius 1 is 1.52 bits per heavy atom. The third-order valence-corrected chi connectivity index (χ3v) is 3.53. The molecule has 0 aliphatic heterocycles. The van der Waals surface area contributed by atoms with Crippen LogP contribution in [0.5, 0.6) is 0 Å². The SMILES string of the molecule is CCn1nc(C)c(N)c1C(=O)OCc1ccc(Br)cc1F. The van der Waals surface area contributed by atoms with Gasteiger partial charge in [-0.15, -0.1) is 0 Å². The van der Waals surface area contributed by atoms with Crippen LogP contribution in [0.3, 0.4) is 0 Å². The molecule has 0 aliphatic carbocycles. The number of nitrogens with two attached hydrogens (primary N) is 1. The van der Waals surface area contributed by atoms with Crippen LogP contribution >= 0.6 is 15.9 Å². The van der Waals surface area contributed by atoms with Crippen molar-refractivity contribution in [2.45, 2.75) is 27.0 Å². The van der Waals surface area contributed by atoms with Crippen LogP contribution < -0.4 is 5.73 Å². The summed E-state index contributed by atoms with van der Waals surface area (Å²) in [7, 11) is 0. The summed E-state index contributed by atoms with van der Waals surface area (Å²) in [5, 5.41) is 4.14. The fourth-order valence-corrected chi connectivity index (χ4v) is 2.22. The van der Waals surface area contributed by atoms with Gasteiger partial charge in [0.1, 0.15) is 12.4 Å². The number of esters is 1. The summed E-state index contributed by atoms with van der Waals surface area (Å²) in [6.07, 6.45) is 0. The van der Waals surface area contributed by atoms with Crippen LogP contribution in [-0.4, -0.2) is 15.7 Å². The topological polar surface area (TPSA) is 70.1 Å². The first kappa shape index (κ1) is 15.5. The first-order chi connectivity index (χ1) is 9.93. The normalized spacial score (nSPS) is 10.7. The molecule has 0 saturated carbocycles. The number of nitrogens with zero attached hydrogens (tertiary/aromatic N) is 2. The van der Waals surface area contributed by atoms with E-state index < -0.39 is 11.8 Å². The van der Waals surface area contributed by atoms with Crippen molar-refractivity contribution in [3.63, 3.8) is 0 Å². The molecule has 1 heterocycles. The van der Waals surface area contributed by atoms with Gasteiger partial charge in [-0.25, -0.2) is 9.18 Å². The number of anilines is 1. The van der Waals surface area contributed by atoms with E-state index in [1.54, 1.807) is 19.1 Å². The fourth-order valence-electron chi connectivity index (χ4n) is 1.89. The maximum absolute atomic E-state index is 13.7. The van der Waals surface area contributed by atoms with Crippen LogP contribution in [0.2, 0.25) is 0 Å². The molecule has 0 fully saturated rings. The first-order valence-corrected chi connectivity index (χ1v) is 7.17. The van der Waals surface area contributed by atoms with Crippen molar-refractivity contribution in [2.24, 2.45) is 0 Å². The third kappa shape index (κ3) is 3.24. The quantitative estimate of drug-likeness (QED) is 0.855. The van der Waals surface area contributed by atoms with Gasteiger partial charge in [-0.3, -0.25) is 4.68 Å². The van der Waals surface area contributed by atoms with Gasteiger partial charge in [0, 0.05) is 16.6 Å². The zero-order valence-corrected chi connectivity index (χ0v) is 13.3. The molecule has 112 valence electrons. The van der Waals surface area contributed by atoms with Crippen LogP contribution in [0.25, 0.3) is 0 Å². The van der Waals surface area contributed by atoms with Crippen LogP contribution in [0, 0.1) is 12.7 Å². The van der Waals surface area contributed by atoms with Crippen LogP contribution in [0.15, 0.2) is 22.7 Å². The Hall–Kier alpha value is -1.89. The van der Waals surface area contributed by atoms with Gasteiger partial charge in [0.2, 0.25) is 0 Å². The van der Waals surface area contributed by atoms with E-state index in [1.165, 1.54) is 10.7 Å². The predicted octanol–water partition coefficient (Wildman–Crippen LogP) is 3.05. The predicted molar refractivity (Wildman–Crippen MR) is 80.3 cm³/mol.